The highest BCUT2D eigenvalue weighted by Gasteiger charge is 2.21. The smallest absolute Gasteiger partial charge is 0.171 e. The van der Waals surface area contributed by atoms with Crippen LogP contribution in [0, 0.1) is 0 Å². The van der Waals surface area contributed by atoms with Crippen molar-refractivity contribution in [2.45, 2.75) is 31.7 Å². The van der Waals surface area contributed by atoms with Gasteiger partial charge in [0, 0.05) is 25.5 Å². The number of anilines is 2. The molecule has 14 heavy (non-hydrogen) atoms. The lowest BCUT2D eigenvalue weighted by molar-refractivity contribution is 0.646. The van der Waals surface area contributed by atoms with Gasteiger partial charge in [-0.3, -0.25) is 0 Å². The monoisotopic (exact) mass is 192 g/mol. The molecule has 0 atom stereocenters. The van der Waals surface area contributed by atoms with Crippen molar-refractivity contribution in [3.8, 4) is 0 Å². The van der Waals surface area contributed by atoms with Crippen molar-refractivity contribution < 1.29 is 0 Å². The quantitative estimate of drug-likeness (QED) is 0.770. The second kappa shape index (κ2) is 3.82. The molecule has 76 valence electrons. The number of nitrogen functional groups attached to an aromatic ring is 1. The van der Waals surface area contributed by atoms with Gasteiger partial charge in [0.2, 0.25) is 0 Å². The Morgan fingerprint density at radius 1 is 1.29 bits per heavy atom. The third-order valence-corrected chi connectivity index (χ3v) is 2.91. The molecule has 1 fully saturated rings. The Balaban J connectivity index is 2.17. The lowest BCUT2D eigenvalue weighted by Crippen LogP contribution is -2.30. The van der Waals surface area contributed by atoms with Crippen molar-refractivity contribution in [3.05, 3.63) is 12.4 Å². The van der Waals surface area contributed by atoms with E-state index < -0.39 is 0 Å². The van der Waals surface area contributed by atoms with E-state index in [0.29, 0.717) is 11.9 Å². The minimum Gasteiger partial charge on any atom is -0.381 e. The van der Waals surface area contributed by atoms with Crippen LogP contribution in [0.5, 0.6) is 0 Å². The molecule has 2 rings (SSSR count). The van der Waals surface area contributed by atoms with E-state index in [1.165, 1.54) is 25.7 Å². The van der Waals surface area contributed by atoms with E-state index in [4.69, 9.17) is 5.73 Å². The molecule has 0 spiro atoms. The van der Waals surface area contributed by atoms with Gasteiger partial charge in [0.25, 0.3) is 0 Å². The summed E-state index contributed by atoms with van der Waals surface area (Å²) >= 11 is 0. The molecule has 4 heteroatoms. The highest BCUT2D eigenvalue weighted by atomic mass is 15.2. The minimum atomic E-state index is 0.530. The molecular formula is C10H16N4. The Labute approximate surface area is 84.2 Å². The molecule has 0 amide bonds. The van der Waals surface area contributed by atoms with Crippen LogP contribution in [-0.4, -0.2) is 23.1 Å². The second-order valence-electron chi connectivity index (χ2n) is 3.81. The Morgan fingerprint density at radius 2 is 1.93 bits per heavy atom. The van der Waals surface area contributed by atoms with E-state index in [0.717, 1.165) is 5.82 Å². The summed E-state index contributed by atoms with van der Waals surface area (Å²) in [5, 5.41) is 0. The molecule has 1 aliphatic rings. The topological polar surface area (TPSA) is 55.0 Å². The van der Waals surface area contributed by atoms with Crippen molar-refractivity contribution in [2.24, 2.45) is 0 Å². The van der Waals surface area contributed by atoms with Crippen molar-refractivity contribution in [2.75, 3.05) is 17.7 Å². The molecule has 0 saturated heterocycles. The van der Waals surface area contributed by atoms with Crippen LogP contribution >= 0.6 is 0 Å². The van der Waals surface area contributed by atoms with E-state index in [1.54, 1.807) is 12.4 Å². The fourth-order valence-electron chi connectivity index (χ4n) is 2.08. The van der Waals surface area contributed by atoms with Crippen LogP contribution < -0.4 is 10.6 Å². The van der Waals surface area contributed by atoms with Crippen molar-refractivity contribution in [3.63, 3.8) is 0 Å². The molecule has 1 aliphatic carbocycles. The van der Waals surface area contributed by atoms with Crippen molar-refractivity contribution >= 4 is 11.6 Å². The van der Waals surface area contributed by atoms with Crippen molar-refractivity contribution in [1.29, 1.82) is 0 Å². The van der Waals surface area contributed by atoms with Crippen LogP contribution in [0.3, 0.4) is 0 Å². The molecule has 4 nitrogen and oxygen atoms in total. The molecule has 1 heterocycles. The minimum absolute atomic E-state index is 0.530. The molecule has 0 unspecified atom stereocenters. The highest BCUT2D eigenvalue weighted by molar-refractivity contribution is 5.57. The van der Waals surface area contributed by atoms with Crippen LogP contribution in [-0.2, 0) is 0 Å². The summed E-state index contributed by atoms with van der Waals surface area (Å²) in [6.07, 6.45) is 8.43. The fraction of sp³-hybridized carbons (Fsp3) is 0.600. The van der Waals surface area contributed by atoms with E-state index in [1.807, 2.05) is 0 Å². The standard InChI is InChI=1S/C10H16N4/c1-14(8-4-2-3-5-8)10-9(11)12-6-7-13-10/h6-8H,2-5H2,1H3,(H2,11,12). The Kier molecular flexibility index (Phi) is 2.52. The maximum atomic E-state index is 5.77. The van der Waals surface area contributed by atoms with E-state index in [9.17, 15) is 0 Å². The third kappa shape index (κ3) is 1.64. The first-order chi connectivity index (χ1) is 6.79. The second-order valence-corrected chi connectivity index (χ2v) is 3.81. The van der Waals surface area contributed by atoms with Gasteiger partial charge in [0.15, 0.2) is 11.6 Å². The first-order valence-electron chi connectivity index (χ1n) is 5.08. The third-order valence-electron chi connectivity index (χ3n) is 2.91. The summed E-state index contributed by atoms with van der Waals surface area (Å²) in [5.41, 5.74) is 5.77. The number of nitrogens with zero attached hydrogens (tertiary/aromatic N) is 3. The van der Waals surface area contributed by atoms with Gasteiger partial charge in [0.1, 0.15) is 0 Å². The fourth-order valence-corrected chi connectivity index (χ4v) is 2.08. The zero-order chi connectivity index (χ0) is 9.97. The lowest BCUT2D eigenvalue weighted by Gasteiger charge is -2.25. The molecule has 0 aromatic carbocycles. The van der Waals surface area contributed by atoms with Gasteiger partial charge in [-0.2, -0.15) is 0 Å². The maximum absolute atomic E-state index is 5.77. The molecule has 1 aromatic heterocycles. The number of rotatable bonds is 2. The van der Waals surface area contributed by atoms with Gasteiger partial charge in [-0.25, -0.2) is 9.97 Å². The summed E-state index contributed by atoms with van der Waals surface area (Å²) < 4.78 is 0. The number of nitrogens with two attached hydrogens (primary N) is 1. The van der Waals surface area contributed by atoms with Gasteiger partial charge in [-0.05, 0) is 12.8 Å². The van der Waals surface area contributed by atoms with Crippen LogP contribution in [0.25, 0.3) is 0 Å². The number of aromatic nitrogens is 2. The SMILES string of the molecule is CN(c1nccnc1N)C1CCCC1. The molecule has 1 saturated carbocycles. The summed E-state index contributed by atoms with van der Waals surface area (Å²) in [6, 6.07) is 0.592. The molecule has 0 aliphatic heterocycles. The van der Waals surface area contributed by atoms with Crippen LogP contribution in [0.15, 0.2) is 12.4 Å². The first-order valence-corrected chi connectivity index (χ1v) is 5.08. The lowest BCUT2D eigenvalue weighted by atomic mass is 10.2. The predicted octanol–water partition coefficient (Wildman–Crippen LogP) is 1.44. The van der Waals surface area contributed by atoms with Crippen LogP contribution in [0.1, 0.15) is 25.7 Å². The van der Waals surface area contributed by atoms with Gasteiger partial charge >= 0.3 is 0 Å². The molecule has 1 aromatic rings. The average Bonchev–Trinajstić information content (AvgIpc) is 2.70. The Hall–Kier alpha value is -1.32. The number of hydrogen-bond acceptors (Lipinski definition) is 4. The molecule has 0 radical (unpaired) electrons. The average molecular weight is 192 g/mol. The number of hydrogen-bond donors (Lipinski definition) is 1. The molecule has 2 N–H and O–H groups in total. The van der Waals surface area contributed by atoms with Gasteiger partial charge in [0.05, 0.1) is 0 Å². The summed E-state index contributed by atoms with van der Waals surface area (Å²) in [6.45, 7) is 0. The van der Waals surface area contributed by atoms with Crippen molar-refractivity contribution in [1.82, 2.24) is 9.97 Å². The zero-order valence-corrected chi connectivity index (χ0v) is 8.48. The Morgan fingerprint density at radius 3 is 2.57 bits per heavy atom. The van der Waals surface area contributed by atoms with Gasteiger partial charge < -0.3 is 10.6 Å². The van der Waals surface area contributed by atoms with Gasteiger partial charge in [-0.1, -0.05) is 12.8 Å². The largest absolute Gasteiger partial charge is 0.381 e. The van der Waals surface area contributed by atoms with Crippen LogP contribution in [0.4, 0.5) is 11.6 Å². The zero-order valence-electron chi connectivity index (χ0n) is 8.48. The Bertz CT molecular complexity index is 307. The summed E-state index contributed by atoms with van der Waals surface area (Å²) in [4.78, 5) is 10.5. The van der Waals surface area contributed by atoms with E-state index in [2.05, 4.69) is 21.9 Å². The molecule has 0 bridgehead atoms. The van der Waals surface area contributed by atoms with E-state index in [-0.39, 0.29) is 0 Å². The van der Waals surface area contributed by atoms with Gasteiger partial charge in [-0.15, -0.1) is 0 Å². The maximum Gasteiger partial charge on any atom is 0.171 e. The summed E-state index contributed by atoms with van der Waals surface area (Å²) in [7, 11) is 2.05. The molecular weight excluding hydrogens is 176 g/mol. The van der Waals surface area contributed by atoms with E-state index >= 15 is 0 Å². The highest BCUT2D eigenvalue weighted by Crippen LogP contribution is 2.27. The normalized spacial score (nSPS) is 17.2. The predicted molar refractivity (Wildman–Crippen MR) is 57.1 cm³/mol. The van der Waals surface area contributed by atoms with Crippen LogP contribution in [0.2, 0.25) is 0 Å². The summed E-state index contributed by atoms with van der Waals surface area (Å²) in [5.74, 6) is 1.35. The first kappa shape index (κ1) is 9.24.